The summed E-state index contributed by atoms with van der Waals surface area (Å²) >= 11 is 3.31. The average molecular weight is 369 g/mol. The number of rotatable bonds is 6. The number of esters is 3. The van der Waals surface area contributed by atoms with Gasteiger partial charge in [0.1, 0.15) is 0 Å². The molecule has 0 spiro atoms. The molecule has 118 valence electrons. The van der Waals surface area contributed by atoms with Gasteiger partial charge in [0.2, 0.25) is 0 Å². The van der Waals surface area contributed by atoms with Crippen molar-refractivity contribution in [3.63, 3.8) is 0 Å². The van der Waals surface area contributed by atoms with Gasteiger partial charge in [0.25, 0.3) is 0 Å². The molecule has 6 heteroatoms. The molecule has 0 saturated carbocycles. The summed E-state index contributed by atoms with van der Waals surface area (Å²) in [5.41, 5.74) is 0.873. The van der Waals surface area contributed by atoms with E-state index in [2.05, 4.69) is 22.5 Å². The highest BCUT2D eigenvalue weighted by Crippen LogP contribution is 2.17. The average Bonchev–Trinajstić information content (AvgIpc) is 2.46. The lowest BCUT2D eigenvalue weighted by molar-refractivity contribution is -0.172. The van der Waals surface area contributed by atoms with Gasteiger partial charge in [0.05, 0.1) is 6.42 Å². The van der Waals surface area contributed by atoms with Crippen LogP contribution in [0.1, 0.15) is 25.8 Å². The van der Waals surface area contributed by atoms with Gasteiger partial charge in [0.15, 0.2) is 6.10 Å². The lowest BCUT2D eigenvalue weighted by Crippen LogP contribution is -2.31. The topological polar surface area (TPSA) is 69.7 Å². The first-order valence-corrected chi connectivity index (χ1v) is 7.48. The SMILES string of the molecule is C=C(C)C(=O)OC(CC)C(=O)OC(=O)Cc1ccccc1Br. The largest absolute Gasteiger partial charge is 0.447 e. The lowest BCUT2D eigenvalue weighted by atomic mass is 10.1. The van der Waals surface area contributed by atoms with E-state index in [1.54, 1.807) is 25.1 Å². The number of hydrogen-bond acceptors (Lipinski definition) is 5. The summed E-state index contributed by atoms with van der Waals surface area (Å²) in [7, 11) is 0. The molecule has 0 aliphatic rings. The van der Waals surface area contributed by atoms with Crippen molar-refractivity contribution in [2.45, 2.75) is 32.8 Å². The molecule has 1 rings (SSSR count). The number of carbonyl (C=O) groups excluding carboxylic acids is 3. The van der Waals surface area contributed by atoms with Crippen LogP contribution in [-0.4, -0.2) is 24.0 Å². The van der Waals surface area contributed by atoms with Crippen molar-refractivity contribution < 1.29 is 23.9 Å². The van der Waals surface area contributed by atoms with Crippen LogP contribution in [0.3, 0.4) is 0 Å². The van der Waals surface area contributed by atoms with Gasteiger partial charge in [-0.25, -0.2) is 9.59 Å². The molecular formula is C16H17BrO5. The summed E-state index contributed by atoms with van der Waals surface area (Å²) in [4.78, 5) is 35.1. The minimum atomic E-state index is -1.12. The van der Waals surface area contributed by atoms with E-state index in [-0.39, 0.29) is 18.4 Å². The summed E-state index contributed by atoms with van der Waals surface area (Å²) in [5.74, 6) is -2.28. The summed E-state index contributed by atoms with van der Waals surface area (Å²) < 4.78 is 10.4. The molecule has 5 nitrogen and oxygen atoms in total. The molecule has 0 amide bonds. The van der Waals surface area contributed by atoms with Crippen molar-refractivity contribution in [1.29, 1.82) is 0 Å². The first-order chi connectivity index (χ1) is 10.3. The Labute approximate surface area is 137 Å². The summed E-state index contributed by atoms with van der Waals surface area (Å²) in [5, 5.41) is 0. The summed E-state index contributed by atoms with van der Waals surface area (Å²) in [6.07, 6.45) is -0.967. The van der Waals surface area contributed by atoms with E-state index in [4.69, 9.17) is 9.47 Å². The second-order valence-electron chi connectivity index (χ2n) is 4.64. The van der Waals surface area contributed by atoms with E-state index in [1.165, 1.54) is 6.92 Å². The molecule has 22 heavy (non-hydrogen) atoms. The van der Waals surface area contributed by atoms with Crippen LogP contribution in [0.2, 0.25) is 0 Å². The maximum atomic E-state index is 11.9. The maximum Gasteiger partial charge on any atom is 0.355 e. The fraction of sp³-hybridized carbons (Fsp3) is 0.312. The Hall–Kier alpha value is -1.95. The van der Waals surface area contributed by atoms with Crippen molar-refractivity contribution in [3.05, 3.63) is 46.5 Å². The van der Waals surface area contributed by atoms with Gasteiger partial charge in [-0.3, -0.25) is 4.79 Å². The predicted octanol–water partition coefficient (Wildman–Crippen LogP) is 2.96. The van der Waals surface area contributed by atoms with Gasteiger partial charge >= 0.3 is 17.9 Å². The Morgan fingerprint density at radius 1 is 1.27 bits per heavy atom. The maximum absolute atomic E-state index is 11.9. The Morgan fingerprint density at radius 2 is 1.91 bits per heavy atom. The molecule has 0 heterocycles. The highest BCUT2D eigenvalue weighted by molar-refractivity contribution is 9.10. The van der Waals surface area contributed by atoms with Crippen LogP contribution >= 0.6 is 15.9 Å². The van der Waals surface area contributed by atoms with Gasteiger partial charge in [-0.2, -0.15) is 0 Å². The first kappa shape index (κ1) is 18.1. The Bertz CT molecular complexity index is 594. The number of benzene rings is 1. The molecule has 0 aliphatic carbocycles. The van der Waals surface area contributed by atoms with E-state index in [0.29, 0.717) is 5.56 Å². The van der Waals surface area contributed by atoms with Gasteiger partial charge < -0.3 is 9.47 Å². The molecule has 0 bridgehead atoms. The van der Waals surface area contributed by atoms with Gasteiger partial charge in [-0.05, 0) is 25.0 Å². The summed E-state index contributed by atoms with van der Waals surface area (Å²) in [6.45, 7) is 6.55. The van der Waals surface area contributed by atoms with Crippen LogP contribution in [0.4, 0.5) is 0 Å². The summed E-state index contributed by atoms with van der Waals surface area (Å²) in [6, 6.07) is 7.12. The van der Waals surface area contributed by atoms with Crippen LogP contribution in [0.5, 0.6) is 0 Å². The zero-order chi connectivity index (χ0) is 16.7. The first-order valence-electron chi connectivity index (χ1n) is 6.69. The van der Waals surface area contributed by atoms with Crippen molar-refractivity contribution >= 4 is 33.8 Å². The molecule has 1 unspecified atom stereocenters. The molecule has 0 aliphatic heterocycles. The van der Waals surface area contributed by atoms with E-state index in [9.17, 15) is 14.4 Å². The van der Waals surface area contributed by atoms with Crippen LogP contribution in [0.15, 0.2) is 40.9 Å². The lowest BCUT2D eigenvalue weighted by Gasteiger charge is -2.14. The van der Waals surface area contributed by atoms with Gasteiger partial charge in [-0.1, -0.05) is 47.6 Å². The number of ether oxygens (including phenoxy) is 2. The third kappa shape index (κ3) is 5.44. The fourth-order valence-electron chi connectivity index (χ4n) is 1.54. The van der Waals surface area contributed by atoms with Crippen molar-refractivity contribution in [2.24, 2.45) is 0 Å². The minimum Gasteiger partial charge on any atom is -0.447 e. The zero-order valence-electron chi connectivity index (χ0n) is 12.4. The van der Waals surface area contributed by atoms with Gasteiger partial charge in [0, 0.05) is 10.0 Å². The third-order valence-electron chi connectivity index (χ3n) is 2.74. The highest BCUT2D eigenvalue weighted by atomic mass is 79.9. The minimum absolute atomic E-state index is 0.0575. The quantitative estimate of drug-likeness (QED) is 0.438. The second kappa shape index (κ2) is 8.48. The van der Waals surface area contributed by atoms with E-state index >= 15 is 0 Å². The monoisotopic (exact) mass is 368 g/mol. The van der Waals surface area contributed by atoms with Crippen LogP contribution in [0, 0.1) is 0 Å². The fourth-order valence-corrected chi connectivity index (χ4v) is 1.96. The zero-order valence-corrected chi connectivity index (χ0v) is 14.0. The van der Waals surface area contributed by atoms with Crippen molar-refractivity contribution in [3.8, 4) is 0 Å². The predicted molar refractivity (Wildman–Crippen MR) is 83.9 cm³/mol. The van der Waals surface area contributed by atoms with E-state index in [1.807, 2.05) is 6.07 Å². The molecule has 0 radical (unpaired) electrons. The Morgan fingerprint density at radius 3 is 2.45 bits per heavy atom. The van der Waals surface area contributed by atoms with Crippen molar-refractivity contribution in [1.82, 2.24) is 0 Å². The van der Waals surface area contributed by atoms with Crippen LogP contribution < -0.4 is 0 Å². The number of halogens is 1. The smallest absolute Gasteiger partial charge is 0.355 e. The molecule has 0 fully saturated rings. The Balaban J connectivity index is 2.62. The Kier molecular flexibility index (Phi) is 6.98. The van der Waals surface area contributed by atoms with Crippen LogP contribution in [0.25, 0.3) is 0 Å². The van der Waals surface area contributed by atoms with Crippen LogP contribution in [-0.2, 0) is 30.3 Å². The van der Waals surface area contributed by atoms with E-state index < -0.39 is 24.0 Å². The third-order valence-corrected chi connectivity index (χ3v) is 3.51. The molecule has 1 aromatic carbocycles. The van der Waals surface area contributed by atoms with E-state index in [0.717, 1.165) is 4.47 Å². The molecule has 0 N–H and O–H groups in total. The molecule has 0 saturated heterocycles. The molecule has 1 aromatic rings. The standard InChI is InChI=1S/C16H17BrO5/c1-4-13(21-15(19)10(2)3)16(20)22-14(18)9-11-7-5-6-8-12(11)17/h5-8,13H,2,4,9H2,1,3H3. The highest BCUT2D eigenvalue weighted by Gasteiger charge is 2.25. The molecular weight excluding hydrogens is 352 g/mol. The molecule has 1 atom stereocenters. The van der Waals surface area contributed by atoms with Gasteiger partial charge in [-0.15, -0.1) is 0 Å². The second-order valence-corrected chi connectivity index (χ2v) is 5.50. The van der Waals surface area contributed by atoms with Crippen molar-refractivity contribution in [2.75, 3.05) is 0 Å². The number of carbonyl (C=O) groups is 3. The molecule has 0 aromatic heterocycles. The number of hydrogen-bond donors (Lipinski definition) is 0. The normalized spacial score (nSPS) is 11.4.